The zero-order chi connectivity index (χ0) is 30.0. The van der Waals surface area contributed by atoms with Crippen molar-refractivity contribution in [3.8, 4) is 11.1 Å². The number of aliphatic carboxylic acids is 1. The minimum absolute atomic E-state index is 0.00453. The fraction of sp³-hybridized carbons (Fsp3) is 0.257. The first-order valence-corrected chi connectivity index (χ1v) is 15.3. The summed E-state index contributed by atoms with van der Waals surface area (Å²) < 4.78 is 13.0. The number of rotatable bonds is 12. The third-order valence-corrected chi connectivity index (χ3v) is 8.44. The van der Waals surface area contributed by atoms with Crippen LogP contribution in [0.3, 0.4) is 0 Å². The molecule has 1 aliphatic rings. The summed E-state index contributed by atoms with van der Waals surface area (Å²) in [5.74, 6) is -0.474. The van der Waals surface area contributed by atoms with Gasteiger partial charge in [-0.1, -0.05) is 84.9 Å². The number of hydrogen-bond donors (Lipinski definition) is 3. The maximum absolute atomic E-state index is 11.9. The Kier molecular flexibility index (Phi) is 10.6. The van der Waals surface area contributed by atoms with E-state index in [1.165, 1.54) is 4.90 Å². The van der Waals surface area contributed by atoms with Crippen LogP contribution >= 0.6 is 11.8 Å². The molecule has 1 amide bonds. The summed E-state index contributed by atoms with van der Waals surface area (Å²) in [6, 6.07) is 34.2. The summed E-state index contributed by atoms with van der Waals surface area (Å²) in [5.41, 5.74) is 5.81. The Hall–Kier alpha value is -3.95. The van der Waals surface area contributed by atoms with E-state index in [1.54, 1.807) is 11.8 Å². The molecule has 0 saturated carbocycles. The molecule has 4 aromatic rings. The fourth-order valence-corrected chi connectivity index (χ4v) is 5.87. The Morgan fingerprint density at radius 1 is 0.791 bits per heavy atom. The summed E-state index contributed by atoms with van der Waals surface area (Å²) in [4.78, 5) is 23.8. The number of carboxylic acids is 1. The van der Waals surface area contributed by atoms with Crippen molar-refractivity contribution in [3.63, 3.8) is 0 Å². The van der Waals surface area contributed by atoms with E-state index in [-0.39, 0.29) is 37.6 Å². The SMILES string of the molecule is O=C(O)CCC(=O)NCc1cccc(-c2ccc([C@H]3O[C@@H](CSc4ccccc4)C[C@@H](c4ccc(CO)cc4)O3)cc2)c1. The number of nitrogens with one attached hydrogen (secondary N) is 1. The molecule has 3 N–H and O–H groups in total. The van der Waals surface area contributed by atoms with Gasteiger partial charge in [-0.25, -0.2) is 0 Å². The standard InChI is InChI=1S/C35H35NO6S/c37-22-24-9-11-27(12-10-24)32-20-30(23-43-31-7-2-1-3-8-31)41-35(42-32)28-15-13-26(14-16-28)29-6-4-5-25(19-29)21-36-33(38)17-18-34(39)40/h1-16,19,30,32,35,37H,17-18,20-23H2,(H,36,38)(H,39,40)/t30-,32+,35+/m1/s1. The molecule has 4 aromatic carbocycles. The predicted octanol–water partition coefficient (Wildman–Crippen LogP) is 6.66. The molecule has 1 fully saturated rings. The Morgan fingerprint density at radius 3 is 2.26 bits per heavy atom. The summed E-state index contributed by atoms with van der Waals surface area (Å²) >= 11 is 1.77. The highest BCUT2D eigenvalue weighted by atomic mass is 32.2. The van der Waals surface area contributed by atoms with Gasteiger partial charge in [0.05, 0.1) is 25.2 Å². The lowest BCUT2D eigenvalue weighted by Gasteiger charge is -2.36. The number of amides is 1. The van der Waals surface area contributed by atoms with Crippen molar-refractivity contribution in [2.75, 3.05) is 5.75 Å². The van der Waals surface area contributed by atoms with Gasteiger partial charge in [0.15, 0.2) is 6.29 Å². The third-order valence-electron chi connectivity index (χ3n) is 7.29. The van der Waals surface area contributed by atoms with E-state index in [4.69, 9.17) is 14.6 Å². The van der Waals surface area contributed by atoms with Crippen LogP contribution in [-0.4, -0.2) is 33.9 Å². The second-order valence-electron chi connectivity index (χ2n) is 10.5. The molecule has 1 heterocycles. The van der Waals surface area contributed by atoms with Crippen molar-refractivity contribution in [2.45, 2.75) is 55.8 Å². The Bertz CT molecular complexity index is 1490. The quantitative estimate of drug-likeness (QED) is 0.157. The van der Waals surface area contributed by atoms with Crippen LogP contribution in [-0.2, 0) is 32.2 Å². The van der Waals surface area contributed by atoms with E-state index < -0.39 is 12.3 Å². The van der Waals surface area contributed by atoms with Crippen LogP contribution in [0.1, 0.15) is 53.9 Å². The zero-order valence-electron chi connectivity index (χ0n) is 23.7. The summed E-state index contributed by atoms with van der Waals surface area (Å²) in [6.07, 6.45) is -0.187. The molecule has 8 heteroatoms. The minimum atomic E-state index is -0.988. The Morgan fingerprint density at radius 2 is 1.53 bits per heavy atom. The molecule has 3 atom stereocenters. The van der Waals surface area contributed by atoms with Crippen LogP contribution in [0.15, 0.2) is 108 Å². The summed E-state index contributed by atoms with van der Waals surface area (Å²) in [6.45, 7) is 0.335. The predicted molar refractivity (Wildman–Crippen MR) is 166 cm³/mol. The van der Waals surface area contributed by atoms with Gasteiger partial charge in [-0.05, 0) is 46.0 Å². The van der Waals surface area contributed by atoms with Gasteiger partial charge in [0.2, 0.25) is 5.91 Å². The van der Waals surface area contributed by atoms with Gasteiger partial charge in [0.25, 0.3) is 0 Å². The van der Waals surface area contributed by atoms with Gasteiger partial charge in [0, 0.05) is 35.6 Å². The van der Waals surface area contributed by atoms with Gasteiger partial charge < -0.3 is 25.0 Å². The molecule has 7 nitrogen and oxygen atoms in total. The van der Waals surface area contributed by atoms with E-state index in [0.29, 0.717) is 6.54 Å². The number of benzene rings is 4. The summed E-state index contributed by atoms with van der Waals surface area (Å²) in [7, 11) is 0. The van der Waals surface area contributed by atoms with Gasteiger partial charge in [-0.15, -0.1) is 11.8 Å². The number of carbonyl (C=O) groups excluding carboxylic acids is 1. The Labute approximate surface area is 255 Å². The molecule has 0 spiro atoms. The van der Waals surface area contributed by atoms with Crippen molar-refractivity contribution >= 4 is 23.6 Å². The highest BCUT2D eigenvalue weighted by Crippen LogP contribution is 2.40. The first kappa shape index (κ1) is 30.5. The highest BCUT2D eigenvalue weighted by Gasteiger charge is 2.32. The van der Waals surface area contributed by atoms with Crippen LogP contribution in [0.5, 0.6) is 0 Å². The number of ether oxygens (including phenoxy) is 2. The molecule has 1 saturated heterocycles. The molecule has 222 valence electrons. The van der Waals surface area contributed by atoms with Crippen molar-refractivity contribution in [1.82, 2.24) is 5.32 Å². The molecule has 0 unspecified atom stereocenters. The van der Waals surface area contributed by atoms with Gasteiger partial charge in [-0.3, -0.25) is 9.59 Å². The number of thioether (sulfide) groups is 1. The van der Waals surface area contributed by atoms with Crippen molar-refractivity contribution in [3.05, 3.63) is 125 Å². The lowest BCUT2D eigenvalue weighted by atomic mass is 9.99. The lowest BCUT2D eigenvalue weighted by molar-refractivity contribution is -0.245. The number of carboxylic acid groups (broad SMARTS) is 1. The third kappa shape index (κ3) is 8.78. The average Bonchev–Trinajstić information content (AvgIpc) is 3.06. The van der Waals surface area contributed by atoms with Crippen molar-refractivity contribution in [2.24, 2.45) is 0 Å². The molecule has 0 aromatic heterocycles. The largest absolute Gasteiger partial charge is 0.481 e. The highest BCUT2D eigenvalue weighted by molar-refractivity contribution is 7.99. The monoisotopic (exact) mass is 597 g/mol. The van der Waals surface area contributed by atoms with Crippen LogP contribution in [0.4, 0.5) is 0 Å². The summed E-state index contributed by atoms with van der Waals surface area (Å²) in [5, 5.41) is 21.0. The van der Waals surface area contributed by atoms with Gasteiger partial charge in [0.1, 0.15) is 0 Å². The smallest absolute Gasteiger partial charge is 0.303 e. The Balaban J connectivity index is 1.28. The number of carbonyl (C=O) groups is 2. The zero-order valence-corrected chi connectivity index (χ0v) is 24.5. The van der Waals surface area contributed by atoms with Crippen molar-refractivity contribution < 1.29 is 29.3 Å². The van der Waals surface area contributed by atoms with Crippen molar-refractivity contribution in [1.29, 1.82) is 0 Å². The van der Waals surface area contributed by atoms with Crippen LogP contribution in [0.2, 0.25) is 0 Å². The minimum Gasteiger partial charge on any atom is -0.481 e. The van der Waals surface area contributed by atoms with Gasteiger partial charge in [-0.2, -0.15) is 0 Å². The molecule has 43 heavy (non-hydrogen) atoms. The number of aliphatic hydroxyl groups is 1. The fourth-order valence-electron chi connectivity index (χ4n) is 4.93. The van der Waals surface area contributed by atoms with E-state index >= 15 is 0 Å². The van der Waals surface area contributed by atoms with Crippen LogP contribution in [0.25, 0.3) is 11.1 Å². The molecule has 0 aliphatic carbocycles. The normalized spacial score (nSPS) is 18.2. The lowest BCUT2D eigenvalue weighted by Crippen LogP contribution is -2.31. The molecule has 0 bridgehead atoms. The first-order chi connectivity index (χ1) is 21.0. The maximum Gasteiger partial charge on any atom is 0.303 e. The molecule has 0 radical (unpaired) electrons. The molecular weight excluding hydrogens is 562 g/mol. The molecular formula is C35H35NO6S. The topological polar surface area (TPSA) is 105 Å². The first-order valence-electron chi connectivity index (χ1n) is 14.3. The van der Waals surface area contributed by atoms with Gasteiger partial charge >= 0.3 is 5.97 Å². The van der Waals surface area contributed by atoms with E-state index in [2.05, 4.69) is 17.4 Å². The van der Waals surface area contributed by atoms with E-state index in [0.717, 1.165) is 45.6 Å². The van der Waals surface area contributed by atoms with Crippen LogP contribution in [0, 0.1) is 0 Å². The second kappa shape index (κ2) is 15.0. The van der Waals surface area contributed by atoms with Crippen LogP contribution < -0.4 is 5.32 Å². The van der Waals surface area contributed by atoms with E-state index in [9.17, 15) is 14.7 Å². The number of aliphatic hydroxyl groups excluding tert-OH is 1. The average molecular weight is 598 g/mol. The molecule has 5 rings (SSSR count). The van der Waals surface area contributed by atoms with E-state index in [1.807, 2.05) is 91.0 Å². The molecule has 1 aliphatic heterocycles. The maximum atomic E-state index is 11.9. The number of hydrogen-bond acceptors (Lipinski definition) is 6. The second-order valence-corrected chi connectivity index (χ2v) is 11.6.